The van der Waals surface area contributed by atoms with Crippen molar-refractivity contribution in [3.05, 3.63) is 35.9 Å². The summed E-state index contributed by atoms with van der Waals surface area (Å²) < 4.78 is 5.16. The second-order valence-electron chi connectivity index (χ2n) is 5.38. The number of rotatable bonds is 10. The summed E-state index contributed by atoms with van der Waals surface area (Å²) in [6.07, 6.45) is 1.66. The van der Waals surface area contributed by atoms with Crippen molar-refractivity contribution in [2.75, 3.05) is 13.7 Å². The Kier molecular flexibility index (Phi) is 8.22. The highest BCUT2D eigenvalue weighted by Gasteiger charge is 2.15. The van der Waals surface area contributed by atoms with Crippen LogP contribution in [0, 0.1) is 0 Å². The summed E-state index contributed by atoms with van der Waals surface area (Å²) in [6.45, 7) is 2.90. The molecule has 0 saturated heterocycles. The van der Waals surface area contributed by atoms with Crippen LogP contribution in [0.5, 0.6) is 0 Å². The number of hydrogen-bond acceptors (Lipinski definition) is 3. The fourth-order valence-corrected chi connectivity index (χ4v) is 2.12. The predicted molar refractivity (Wildman–Crippen MR) is 84.4 cm³/mol. The smallest absolute Gasteiger partial charge is 0.303 e. The van der Waals surface area contributed by atoms with Crippen LogP contribution in [-0.4, -0.2) is 41.6 Å². The maximum absolute atomic E-state index is 12.4. The van der Waals surface area contributed by atoms with E-state index in [1.165, 1.54) is 0 Å². The first-order chi connectivity index (χ1) is 10.5. The van der Waals surface area contributed by atoms with E-state index >= 15 is 0 Å². The molecule has 0 fully saturated rings. The van der Waals surface area contributed by atoms with E-state index in [4.69, 9.17) is 9.84 Å². The first-order valence-electron chi connectivity index (χ1n) is 7.59. The number of carboxylic acids is 1. The second kappa shape index (κ2) is 9.95. The molecule has 0 aliphatic rings. The summed E-state index contributed by atoms with van der Waals surface area (Å²) in [5, 5.41) is 8.74. The van der Waals surface area contributed by atoms with E-state index in [0.717, 1.165) is 5.56 Å². The van der Waals surface area contributed by atoms with Crippen molar-refractivity contribution in [1.29, 1.82) is 0 Å². The quantitative estimate of drug-likeness (QED) is 0.721. The Labute approximate surface area is 131 Å². The third kappa shape index (κ3) is 7.22. The van der Waals surface area contributed by atoms with Crippen molar-refractivity contribution in [3.63, 3.8) is 0 Å². The maximum atomic E-state index is 12.4. The van der Waals surface area contributed by atoms with Crippen LogP contribution in [-0.2, 0) is 20.9 Å². The van der Waals surface area contributed by atoms with E-state index in [-0.39, 0.29) is 18.4 Å². The summed E-state index contributed by atoms with van der Waals surface area (Å²) in [5.74, 6) is -0.793. The number of amides is 1. The van der Waals surface area contributed by atoms with E-state index in [0.29, 0.717) is 32.4 Å². The number of ether oxygens (including phenoxy) is 1. The highest BCUT2D eigenvalue weighted by Crippen LogP contribution is 2.10. The largest absolute Gasteiger partial charge is 0.481 e. The van der Waals surface area contributed by atoms with Gasteiger partial charge >= 0.3 is 5.97 Å². The summed E-state index contributed by atoms with van der Waals surface area (Å²) in [6, 6.07) is 9.73. The van der Waals surface area contributed by atoms with E-state index in [9.17, 15) is 9.59 Å². The van der Waals surface area contributed by atoms with Gasteiger partial charge in [0.2, 0.25) is 5.91 Å². The molecule has 1 atom stereocenters. The topological polar surface area (TPSA) is 66.8 Å². The molecule has 0 saturated carbocycles. The van der Waals surface area contributed by atoms with Gasteiger partial charge in [0.25, 0.3) is 0 Å². The van der Waals surface area contributed by atoms with Gasteiger partial charge in [-0.25, -0.2) is 0 Å². The van der Waals surface area contributed by atoms with E-state index in [1.54, 1.807) is 12.0 Å². The molecular weight excluding hydrogens is 282 g/mol. The molecule has 1 aromatic carbocycles. The molecule has 1 aromatic rings. The molecule has 5 nitrogen and oxygen atoms in total. The van der Waals surface area contributed by atoms with Crippen molar-refractivity contribution in [3.8, 4) is 0 Å². The number of methoxy groups -OCH3 is 1. The fraction of sp³-hybridized carbons (Fsp3) is 0.529. The average molecular weight is 307 g/mol. The van der Waals surface area contributed by atoms with Crippen molar-refractivity contribution in [1.82, 2.24) is 4.90 Å². The minimum Gasteiger partial charge on any atom is -0.481 e. The van der Waals surface area contributed by atoms with Crippen LogP contribution in [0.1, 0.15) is 38.2 Å². The van der Waals surface area contributed by atoms with Crippen LogP contribution in [0.3, 0.4) is 0 Å². The zero-order chi connectivity index (χ0) is 16.4. The number of aliphatic carboxylic acids is 1. The maximum Gasteiger partial charge on any atom is 0.303 e. The van der Waals surface area contributed by atoms with Gasteiger partial charge in [-0.2, -0.15) is 0 Å². The fourth-order valence-electron chi connectivity index (χ4n) is 2.12. The van der Waals surface area contributed by atoms with Gasteiger partial charge in [0.15, 0.2) is 0 Å². The Balaban J connectivity index is 2.59. The predicted octanol–water partition coefficient (Wildman–Crippen LogP) is 2.70. The van der Waals surface area contributed by atoms with Crippen molar-refractivity contribution in [2.24, 2.45) is 0 Å². The third-order valence-electron chi connectivity index (χ3n) is 3.55. The van der Waals surface area contributed by atoms with Crippen molar-refractivity contribution >= 4 is 11.9 Å². The minimum atomic E-state index is -0.833. The van der Waals surface area contributed by atoms with Gasteiger partial charge in [-0.1, -0.05) is 30.3 Å². The molecule has 1 rings (SSSR count). The van der Waals surface area contributed by atoms with E-state index in [2.05, 4.69) is 0 Å². The van der Waals surface area contributed by atoms with Crippen molar-refractivity contribution in [2.45, 2.75) is 45.3 Å². The van der Waals surface area contributed by atoms with Crippen LogP contribution in [0.2, 0.25) is 0 Å². The Hall–Kier alpha value is -1.88. The average Bonchev–Trinajstić information content (AvgIpc) is 2.52. The van der Waals surface area contributed by atoms with Crippen LogP contribution < -0.4 is 0 Å². The molecule has 122 valence electrons. The summed E-state index contributed by atoms with van der Waals surface area (Å²) >= 11 is 0. The van der Waals surface area contributed by atoms with Crippen molar-refractivity contribution < 1.29 is 19.4 Å². The lowest BCUT2D eigenvalue weighted by Crippen LogP contribution is -2.32. The minimum absolute atomic E-state index is 0.0399. The number of nitrogens with zero attached hydrogens (tertiary/aromatic N) is 1. The molecule has 0 radical (unpaired) electrons. The number of carbonyl (C=O) groups excluding carboxylic acids is 1. The van der Waals surface area contributed by atoms with Gasteiger partial charge in [-0.15, -0.1) is 0 Å². The lowest BCUT2D eigenvalue weighted by molar-refractivity contribution is -0.138. The zero-order valence-electron chi connectivity index (χ0n) is 13.3. The molecule has 22 heavy (non-hydrogen) atoms. The Bertz CT molecular complexity index is 461. The Morgan fingerprint density at radius 2 is 1.91 bits per heavy atom. The highest BCUT2D eigenvalue weighted by molar-refractivity contribution is 5.76. The summed E-state index contributed by atoms with van der Waals surface area (Å²) in [4.78, 5) is 24.7. The summed E-state index contributed by atoms with van der Waals surface area (Å²) in [7, 11) is 1.63. The van der Waals surface area contributed by atoms with Gasteiger partial charge < -0.3 is 14.7 Å². The molecule has 0 aromatic heterocycles. The molecule has 1 N–H and O–H groups in total. The molecule has 0 bridgehead atoms. The van der Waals surface area contributed by atoms with Gasteiger partial charge in [0.05, 0.1) is 6.10 Å². The van der Waals surface area contributed by atoms with Crippen LogP contribution in [0.25, 0.3) is 0 Å². The number of benzene rings is 1. The number of carbonyl (C=O) groups is 2. The number of carboxylic acid groups (broad SMARTS) is 1. The van der Waals surface area contributed by atoms with Gasteiger partial charge in [0.1, 0.15) is 0 Å². The van der Waals surface area contributed by atoms with Gasteiger partial charge in [-0.05, 0) is 25.3 Å². The second-order valence-corrected chi connectivity index (χ2v) is 5.38. The van der Waals surface area contributed by atoms with Gasteiger partial charge in [0, 0.05) is 33.0 Å². The molecule has 1 amide bonds. The third-order valence-corrected chi connectivity index (χ3v) is 3.55. The zero-order valence-corrected chi connectivity index (χ0v) is 13.3. The SMILES string of the molecule is COC(C)CCC(=O)N(CCCC(=O)O)Cc1ccccc1. The molecular formula is C17H25NO4. The first kappa shape index (κ1) is 18.2. The Morgan fingerprint density at radius 1 is 1.23 bits per heavy atom. The molecule has 0 aliphatic heterocycles. The first-order valence-corrected chi connectivity index (χ1v) is 7.59. The van der Waals surface area contributed by atoms with E-state index in [1.807, 2.05) is 37.3 Å². The van der Waals surface area contributed by atoms with Crippen LogP contribution in [0.15, 0.2) is 30.3 Å². The normalized spacial score (nSPS) is 11.9. The Morgan fingerprint density at radius 3 is 2.50 bits per heavy atom. The standard InChI is InChI=1S/C17H25NO4/c1-14(22-2)10-11-16(19)18(12-6-9-17(20)21)13-15-7-4-3-5-8-15/h3-5,7-8,14H,6,9-13H2,1-2H3,(H,20,21). The highest BCUT2D eigenvalue weighted by atomic mass is 16.5. The van der Waals surface area contributed by atoms with Crippen LogP contribution >= 0.6 is 0 Å². The lowest BCUT2D eigenvalue weighted by atomic mass is 10.1. The monoisotopic (exact) mass is 307 g/mol. The molecule has 0 heterocycles. The lowest BCUT2D eigenvalue weighted by Gasteiger charge is -2.23. The van der Waals surface area contributed by atoms with Gasteiger partial charge in [-0.3, -0.25) is 9.59 Å². The van der Waals surface area contributed by atoms with Crippen LogP contribution in [0.4, 0.5) is 0 Å². The summed E-state index contributed by atoms with van der Waals surface area (Å²) in [5.41, 5.74) is 1.05. The molecule has 1 unspecified atom stereocenters. The molecule has 0 aliphatic carbocycles. The molecule has 5 heteroatoms. The van der Waals surface area contributed by atoms with E-state index < -0.39 is 5.97 Å². The number of hydrogen-bond donors (Lipinski definition) is 1. The molecule has 0 spiro atoms.